The minimum absolute atomic E-state index is 0.113. The molecule has 1 heterocycles. The number of ether oxygens (including phenoxy) is 1. The third-order valence-electron chi connectivity index (χ3n) is 1.59. The van der Waals surface area contributed by atoms with Crippen molar-refractivity contribution in [1.82, 2.24) is 9.21 Å². The number of hydrogen-bond donors (Lipinski definition) is 1. The van der Waals surface area contributed by atoms with Crippen molar-refractivity contribution in [2.45, 2.75) is 0 Å². The molecule has 0 saturated carbocycles. The van der Waals surface area contributed by atoms with Crippen LogP contribution >= 0.6 is 0 Å². The summed E-state index contributed by atoms with van der Waals surface area (Å²) in [6.45, 7) is 0. The van der Waals surface area contributed by atoms with Gasteiger partial charge in [-0.1, -0.05) is 0 Å². The number of aliphatic imine (C=N–C) groups is 1. The third kappa shape index (κ3) is 2.05. The lowest BCUT2D eigenvalue weighted by atomic mass is 10.8. The van der Waals surface area contributed by atoms with Crippen molar-refractivity contribution < 1.29 is 17.9 Å². The molecule has 0 fully saturated rings. The summed E-state index contributed by atoms with van der Waals surface area (Å²) in [7, 11) is -0.124. The van der Waals surface area contributed by atoms with Crippen molar-refractivity contribution in [3.63, 3.8) is 0 Å². The van der Waals surface area contributed by atoms with Gasteiger partial charge in [0.2, 0.25) is 11.9 Å². The van der Waals surface area contributed by atoms with Crippen molar-refractivity contribution >= 4 is 28.2 Å². The second-order valence-electron chi connectivity index (χ2n) is 2.97. The highest BCUT2D eigenvalue weighted by Gasteiger charge is 2.36. The number of carbonyl (C=O) groups is 1. The van der Waals surface area contributed by atoms with Gasteiger partial charge in [0.1, 0.15) is 0 Å². The summed E-state index contributed by atoms with van der Waals surface area (Å²) in [4.78, 5) is 16.1. The Kier molecular flexibility index (Phi) is 3.03. The van der Waals surface area contributed by atoms with Crippen LogP contribution in [-0.2, 0) is 14.9 Å². The highest BCUT2D eigenvalue weighted by molar-refractivity contribution is 7.89. The van der Waals surface area contributed by atoms with Gasteiger partial charge in [-0.2, -0.15) is 13.4 Å². The Hall–Kier alpha value is -1.84. The van der Waals surface area contributed by atoms with Crippen LogP contribution in [0.3, 0.4) is 0 Å². The topological polar surface area (TPSA) is 118 Å². The second kappa shape index (κ2) is 3.96. The first-order chi connectivity index (χ1) is 7.29. The van der Waals surface area contributed by atoms with Crippen LogP contribution in [0.2, 0.25) is 0 Å². The summed E-state index contributed by atoms with van der Waals surface area (Å²) in [6, 6.07) is 0. The van der Waals surface area contributed by atoms with Gasteiger partial charge in [-0.05, 0) is 0 Å². The molecule has 0 bridgehead atoms. The largest absolute Gasteiger partial charge is 0.452 e. The summed E-state index contributed by atoms with van der Waals surface area (Å²) < 4.78 is 30.8. The van der Waals surface area contributed by atoms with Gasteiger partial charge in [0.05, 0.1) is 7.11 Å². The van der Waals surface area contributed by atoms with Gasteiger partial charge in [0.15, 0.2) is 0 Å². The molecule has 90 valence electrons. The Morgan fingerprint density at radius 1 is 1.50 bits per heavy atom. The fourth-order valence-corrected chi connectivity index (χ4v) is 1.92. The third-order valence-corrected chi connectivity index (χ3v) is 2.78. The Balaban J connectivity index is 3.24. The van der Waals surface area contributed by atoms with Gasteiger partial charge < -0.3 is 15.4 Å². The van der Waals surface area contributed by atoms with Crippen molar-refractivity contribution in [1.29, 1.82) is 0 Å². The van der Waals surface area contributed by atoms with Crippen LogP contribution in [0.5, 0.6) is 0 Å². The van der Waals surface area contributed by atoms with Crippen LogP contribution in [-0.4, -0.2) is 56.8 Å². The quantitative estimate of drug-likeness (QED) is 0.561. The van der Waals surface area contributed by atoms with Crippen LogP contribution in [0.15, 0.2) is 9.39 Å². The number of guanidine groups is 2. The van der Waals surface area contributed by atoms with E-state index >= 15 is 0 Å². The van der Waals surface area contributed by atoms with E-state index in [9.17, 15) is 13.2 Å². The fraction of sp³-hybridized carbons (Fsp3) is 0.500. The van der Waals surface area contributed by atoms with Crippen LogP contribution < -0.4 is 5.73 Å². The zero-order chi connectivity index (χ0) is 12.5. The van der Waals surface area contributed by atoms with Crippen molar-refractivity contribution in [3.8, 4) is 0 Å². The SMILES string of the molecule is COC(=O)N1C(N)=NC(N(C)C)=NS1(=O)=O. The molecule has 0 aliphatic carbocycles. The van der Waals surface area contributed by atoms with E-state index in [4.69, 9.17) is 5.73 Å². The highest BCUT2D eigenvalue weighted by atomic mass is 32.2. The van der Waals surface area contributed by atoms with Crippen molar-refractivity contribution in [2.75, 3.05) is 21.2 Å². The molecule has 1 aliphatic rings. The van der Waals surface area contributed by atoms with E-state index < -0.39 is 22.3 Å². The molecule has 0 aromatic rings. The van der Waals surface area contributed by atoms with Gasteiger partial charge in [0, 0.05) is 14.1 Å². The zero-order valence-electron chi connectivity index (χ0n) is 8.91. The van der Waals surface area contributed by atoms with E-state index in [-0.39, 0.29) is 10.3 Å². The van der Waals surface area contributed by atoms with Gasteiger partial charge in [-0.3, -0.25) is 0 Å². The van der Waals surface area contributed by atoms with Crippen LogP contribution in [0.4, 0.5) is 4.79 Å². The predicted molar refractivity (Wildman–Crippen MR) is 55.9 cm³/mol. The smallest absolute Gasteiger partial charge is 0.432 e. The van der Waals surface area contributed by atoms with E-state index in [0.29, 0.717) is 0 Å². The lowest BCUT2D eigenvalue weighted by Crippen LogP contribution is -2.49. The maximum absolute atomic E-state index is 11.6. The Bertz CT molecular complexity index is 465. The number of nitrogens with zero attached hydrogens (tertiary/aromatic N) is 4. The molecule has 0 aromatic carbocycles. The average Bonchev–Trinajstić information content (AvgIpc) is 2.14. The lowest BCUT2D eigenvalue weighted by molar-refractivity contribution is 0.161. The van der Waals surface area contributed by atoms with E-state index in [1.165, 1.54) is 4.90 Å². The van der Waals surface area contributed by atoms with E-state index in [0.717, 1.165) is 7.11 Å². The number of methoxy groups -OCH3 is 1. The van der Waals surface area contributed by atoms with Crippen LogP contribution in [0.1, 0.15) is 0 Å². The molecule has 16 heavy (non-hydrogen) atoms. The van der Waals surface area contributed by atoms with Gasteiger partial charge in [-0.25, -0.2) is 4.79 Å². The molecule has 1 amide bonds. The molecule has 0 radical (unpaired) electrons. The normalized spacial score (nSPS) is 18.6. The van der Waals surface area contributed by atoms with Gasteiger partial charge >= 0.3 is 16.3 Å². The zero-order valence-corrected chi connectivity index (χ0v) is 9.72. The predicted octanol–water partition coefficient (Wildman–Crippen LogP) is -1.45. The molecule has 0 spiro atoms. The van der Waals surface area contributed by atoms with Crippen LogP contribution in [0.25, 0.3) is 0 Å². The number of nitrogens with two attached hydrogens (primary N) is 1. The molecule has 0 saturated heterocycles. The molecule has 0 atom stereocenters. The molecular weight excluding hydrogens is 238 g/mol. The van der Waals surface area contributed by atoms with E-state index in [1.807, 2.05) is 0 Å². The molecule has 2 N–H and O–H groups in total. The lowest BCUT2D eigenvalue weighted by Gasteiger charge is -2.22. The summed E-state index contributed by atoms with van der Waals surface area (Å²) in [5.41, 5.74) is 5.35. The molecule has 1 rings (SSSR count). The minimum atomic E-state index is -4.23. The summed E-state index contributed by atoms with van der Waals surface area (Å²) in [5.74, 6) is -0.622. The van der Waals surface area contributed by atoms with Gasteiger partial charge in [0.25, 0.3) is 0 Å². The Labute approximate surface area is 92.4 Å². The molecule has 0 unspecified atom stereocenters. The van der Waals surface area contributed by atoms with E-state index in [1.54, 1.807) is 14.1 Å². The first-order valence-electron chi connectivity index (χ1n) is 4.04. The Morgan fingerprint density at radius 3 is 2.44 bits per heavy atom. The summed E-state index contributed by atoms with van der Waals surface area (Å²) in [6.07, 6.45) is -1.16. The highest BCUT2D eigenvalue weighted by Crippen LogP contribution is 2.11. The number of amides is 1. The molecule has 1 aliphatic heterocycles. The maximum Gasteiger partial charge on any atom is 0.432 e. The monoisotopic (exact) mass is 249 g/mol. The number of carbonyl (C=O) groups excluding carboxylic acids is 1. The van der Waals surface area contributed by atoms with Gasteiger partial charge in [-0.15, -0.1) is 8.70 Å². The number of hydrogen-bond acceptors (Lipinski definition) is 7. The standard InChI is InChI=1S/C6H11N5O4S/c1-10(2)5-8-4(7)11(6(12)15-3)16(13,14)9-5/h1-3H3,(H2,7,8,9). The van der Waals surface area contributed by atoms with Crippen LogP contribution in [0, 0.1) is 0 Å². The Morgan fingerprint density at radius 2 is 2.06 bits per heavy atom. The first-order valence-corrected chi connectivity index (χ1v) is 5.44. The maximum atomic E-state index is 11.6. The second-order valence-corrected chi connectivity index (χ2v) is 4.41. The molecule has 9 nitrogen and oxygen atoms in total. The van der Waals surface area contributed by atoms with Crippen molar-refractivity contribution in [3.05, 3.63) is 0 Å². The number of rotatable bonds is 0. The minimum Gasteiger partial charge on any atom is -0.452 e. The molecule has 10 heteroatoms. The van der Waals surface area contributed by atoms with E-state index in [2.05, 4.69) is 14.1 Å². The molecule has 0 aromatic heterocycles. The summed E-state index contributed by atoms with van der Waals surface area (Å²) in [5, 5.41) is 0. The van der Waals surface area contributed by atoms with Crippen molar-refractivity contribution in [2.24, 2.45) is 15.1 Å². The molecular formula is C6H11N5O4S. The fourth-order valence-electron chi connectivity index (χ4n) is 0.883. The average molecular weight is 249 g/mol. The first kappa shape index (κ1) is 12.2. The summed E-state index contributed by atoms with van der Waals surface area (Å²) >= 11 is 0.